The molecule has 0 radical (unpaired) electrons. The van der Waals surface area contributed by atoms with E-state index in [1.807, 2.05) is 16.8 Å². The van der Waals surface area contributed by atoms with E-state index in [0.29, 0.717) is 24.7 Å². The summed E-state index contributed by atoms with van der Waals surface area (Å²) in [5, 5.41) is 3.82. The van der Waals surface area contributed by atoms with Crippen LogP contribution >= 0.6 is 11.3 Å². The summed E-state index contributed by atoms with van der Waals surface area (Å²) in [6.45, 7) is 1.19. The first-order valence-corrected chi connectivity index (χ1v) is 8.48. The van der Waals surface area contributed by atoms with Gasteiger partial charge in [0.15, 0.2) is 11.5 Å². The molecule has 1 aliphatic heterocycles. The number of fused-ring (bicyclic) bond motifs is 1. The van der Waals surface area contributed by atoms with Crippen molar-refractivity contribution >= 4 is 21.4 Å². The highest BCUT2D eigenvalue weighted by atomic mass is 32.2. The van der Waals surface area contributed by atoms with Gasteiger partial charge < -0.3 is 9.47 Å². The van der Waals surface area contributed by atoms with Gasteiger partial charge in [-0.1, -0.05) is 0 Å². The van der Waals surface area contributed by atoms with Crippen molar-refractivity contribution in [3.8, 4) is 11.5 Å². The molecule has 1 aromatic carbocycles. The van der Waals surface area contributed by atoms with E-state index in [1.54, 1.807) is 6.07 Å². The lowest BCUT2D eigenvalue weighted by atomic mass is 10.3. The summed E-state index contributed by atoms with van der Waals surface area (Å²) in [5.41, 5.74) is 0.941. The van der Waals surface area contributed by atoms with Gasteiger partial charge in [0, 0.05) is 12.6 Å². The third-order valence-corrected chi connectivity index (χ3v) is 5.00. The van der Waals surface area contributed by atoms with Crippen LogP contribution in [0.2, 0.25) is 0 Å². The number of ether oxygens (including phenoxy) is 2. The summed E-state index contributed by atoms with van der Waals surface area (Å²) in [6.07, 6.45) is 0. The molecule has 0 aliphatic carbocycles. The molecule has 20 heavy (non-hydrogen) atoms. The molecule has 5 nitrogen and oxygen atoms in total. The number of rotatable bonds is 4. The third-order valence-electron chi connectivity index (χ3n) is 2.87. The summed E-state index contributed by atoms with van der Waals surface area (Å²) in [4.78, 5) is 0.178. The quantitative estimate of drug-likeness (QED) is 0.938. The summed E-state index contributed by atoms with van der Waals surface area (Å²) in [7, 11) is -3.55. The molecule has 3 rings (SSSR count). The van der Waals surface area contributed by atoms with Gasteiger partial charge in [-0.3, -0.25) is 0 Å². The van der Waals surface area contributed by atoms with Crippen LogP contribution in [0.25, 0.3) is 0 Å². The fourth-order valence-corrected chi connectivity index (χ4v) is 3.55. The van der Waals surface area contributed by atoms with E-state index in [1.165, 1.54) is 23.5 Å². The van der Waals surface area contributed by atoms with Crippen molar-refractivity contribution in [3.63, 3.8) is 0 Å². The molecule has 0 saturated heterocycles. The fraction of sp³-hybridized carbons (Fsp3) is 0.231. The van der Waals surface area contributed by atoms with Crippen molar-refractivity contribution < 1.29 is 17.9 Å². The van der Waals surface area contributed by atoms with Crippen LogP contribution in [0.5, 0.6) is 11.5 Å². The van der Waals surface area contributed by atoms with Gasteiger partial charge in [-0.2, -0.15) is 11.3 Å². The maximum Gasteiger partial charge on any atom is 0.241 e. The first-order valence-electron chi connectivity index (χ1n) is 6.05. The van der Waals surface area contributed by atoms with Gasteiger partial charge in [0.1, 0.15) is 13.2 Å². The van der Waals surface area contributed by atoms with Crippen LogP contribution in [0.15, 0.2) is 39.9 Å². The second-order valence-corrected chi connectivity index (χ2v) is 6.81. The van der Waals surface area contributed by atoms with E-state index in [2.05, 4.69) is 4.72 Å². The van der Waals surface area contributed by atoms with Gasteiger partial charge in [0.05, 0.1) is 4.90 Å². The lowest BCUT2D eigenvalue weighted by Crippen LogP contribution is -2.23. The molecule has 0 saturated carbocycles. The largest absolute Gasteiger partial charge is 0.486 e. The number of hydrogen-bond donors (Lipinski definition) is 1. The predicted octanol–water partition coefficient (Wildman–Crippen LogP) is 2.00. The monoisotopic (exact) mass is 311 g/mol. The molecule has 1 aliphatic rings. The van der Waals surface area contributed by atoms with Crippen molar-refractivity contribution in [1.82, 2.24) is 4.72 Å². The summed E-state index contributed by atoms with van der Waals surface area (Å²) in [6, 6.07) is 6.51. The first-order chi connectivity index (χ1) is 9.65. The fourth-order valence-electron chi connectivity index (χ4n) is 1.85. The zero-order chi connectivity index (χ0) is 14.0. The van der Waals surface area contributed by atoms with Gasteiger partial charge in [0.2, 0.25) is 10.0 Å². The number of benzene rings is 1. The molecule has 0 atom stereocenters. The van der Waals surface area contributed by atoms with Crippen molar-refractivity contribution in [2.24, 2.45) is 0 Å². The van der Waals surface area contributed by atoms with Crippen molar-refractivity contribution in [3.05, 3.63) is 40.6 Å². The molecular formula is C13H13NO4S2. The van der Waals surface area contributed by atoms with Crippen LogP contribution in [0.1, 0.15) is 5.56 Å². The SMILES string of the molecule is O=S(=O)(NCc1ccsc1)c1ccc2c(c1)OCCO2. The van der Waals surface area contributed by atoms with Gasteiger partial charge >= 0.3 is 0 Å². The molecule has 0 unspecified atom stereocenters. The molecule has 106 valence electrons. The molecule has 0 amide bonds. The van der Waals surface area contributed by atoms with Crippen molar-refractivity contribution in [2.75, 3.05) is 13.2 Å². The topological polar surface area (TPSA) is 64.6 Å². The highest BCUT2D eigenvalue weighted by Gasteiger charge is 2.19. The summed E-state index contributed by atoms with van der Waals surface area (Å²) >= 11 is 1.53. The Bertz CT molecular complexity index is 695. The number of sulfonamides is 1. The molecule has 0 fully saturated rings. The average molecular weight is 311 g/mol. The molecular weight excluding hydrogens is 298 g/mol. The molecule has 0 spiro atoms. The number of nitrogens with one attached hydrogen (secondary N) is 1. The molecule has 2 heterocycles. The lowest BCUT2D eigenvalue weighted by Gasteiger charge is -2.18. The van der Waals surface area contributed by atoms with E-state index in [9.17, 15) is 8.42 Å². The Kier molecular flexibility index (Phi) is 3.64. The smallest absolute Gasteiger partial charge is 0.241 e. The van der Waals surface area contributed by atoms with E-state index in [-0.39, 0.29) is 11.4 Å². The lowest BCUT2D eigenvalue weighted by molar-refractivity contribution is 0.171. The predicted molar refractivity (Wildman–Crippen MR) is 75.8 cm³/mol. The Hall–Kier alpha value is -1.57. The second-order valence-electron chi connectivity index (χ2n) is 4.26. The summed E-state index contributed by atoms with van der Waals surface area (Å²) < 4.78 is 37.8. The first kappa shape index (κ1) is 13.4. The van der Waals surface area contributed by atoms with E-state index in [4.69, 9.17) is 9.47 Å². The minimum absolute atomic E-state index is 0.178. The Morgan fingerprint density at radius 3 is 2.70 bits per heavy atom. The maximum atomic E-state index is 12.2. The minimum atomic E-state index is -3.55. The second kappa shape index (κ2) is 5.43. The summed E-state index contributed by atoms with van der Waals surface area (Å²) in [5.74, 6) is 1.04. The molecule has 0 bridgehead atoms. The molecule has 2 aromatic rings. The highest BCUT2D eigenvalue weighted by molar-refractivity contribution is 7.89. The molecule has 7 heteroatoms. The van der Waals surface area contributed by atoms with Crippen LogP contribution in [0.3, 0.4) is 0 Å². The van der Waals surface area contributed by atoms with Gasteiger partial charge in [0.25, 0.3) is 0 Å². The van der Waals surface area contributed by atoms with E-state index in [0.717, 1.165) is 5.56 Å². The van der Waals surface area contributed by atoms with Crippen molar-refractivity contribution in [1.29, 1.82) is 0 Å². The van der Waals surface area contributed by atoms with Crippen LogP contribution in [0.4, 0.5) is 0 Å². The van der Waals surface area contributed by atoms with Gasteiger partial charge in [-0.25, -0.2) is 13.1 Å². The maximum absolute atomic E-state index is 12.2. The van der Waals surface area contributed by atoms with Crippen LogP contribution in [-0.4, -0.2) is 21.6 Å². The Morgan fingerprint density at radius 1 is 1.15 bits per heavy atom. The third kappa shape index (κ3) is 2.79. The average Bonchev–Trinajstić information content (AvgIpc) is 2.98. The molecule has 1 N–H and O–H groups in total. The standard InChI is InChI=1S/C13H13NO4S2/c15-20(16,14-8-10-3-6-19-9-10)11-1-2-12-13(7-11)18-5-4-17-12/h1-3,6-7,9,14H,4-5,8H2. The van der Waals surface area contributed by atoms with E-state index >= 15 is 0 Å². The zero-order valence-corrected chi connectivity index (χ0v) is 12.2. The Morgan fingerprint density at radius 2 is 1.95 bits per heavy atom. The van der Waals surface area contributed by atoms with Gasteiger partial charge in [-0.15, -0.1) is 0 Å². The van der Waals surface area contributed by atoms with E-state index < -0.39 is 10.0 Å². The number of hydrogen-bond acceptors (Lipinski definition) is 5. The zero-order valence-electron chi connectivity index (χ0n) is 10.5. The van der Waals surface area contributed by atoms with Gasteiger partial charge in [-0.05, 0) is 34.5 Å². The van der Waals surface area contributed by atoms with Crippen LogP contribution in [-0.2, 0) is 16.6 Å². The normalized spacial score (nSPS) is 14.2. The Balaban J connectivity index is 1.80. The minimum Gasteiger partial charge on any atom is -0.486 e. The number of thiophene rings is 1. The van der Waals surface area contributed by atoms with Crippen LogP contribution in [0, 0.1) is 0 Å². The Labute approximate surface area is 121 Å². The molecule has 1 aromatic heterocycles. The highest BCUT2D eigenvalue weighted by Crippen LogP contribution is 2.32. The van der Waals surface area contributed by atoms with Crippen LogP contribution < -0.4 is 14.2 Å². The van der Waals surface area contributed by atoms with Crippen molar-refractivity contribution in [2.45, 2.75) is 11.4 Å².